The highest BCUT2D eigenvalue weighted by Gasteiger charge is 2.23. The quantitative estimate of drug-likeness (QED) is 0.178. The zero-order valence-corrected chi connectivity index (χ0v) is 14.2. The van der Waals surface area contributed by atoms with Crippen molar-refractivity contribution in [3.05, 3.63) is 18.5 Å². The van der Waals surface area contributed by atoms with Gasteiger partial charge in [0.25, 0.3) is 0 Å². The Morgan fingerprint density at radius 2 is 0.682 bits per heavy atom. The molecule has 0 aliphatic heterocycles. The van der Waals surface area contributed by atoms with Crippen molar-refractivity contribution in [3.8, 4) is 0 Å². The minimum absolute atomic E-state index is 0. The first-order chi connectivity index (χ1) is 9.00. The van der Waals surface area contributed by atoms with Gasteiger partial charge in [-0.05, 0) is 11.3 Å². The molecule has 15 nitrogen and oxygen atoms in total. The van der Waals surface area contributed by atoms with Crippen molar-refractivity contribution in [2.24, 2.45) is 0 Å². The van der Waals surface area contributed by atoms with Gasteiger partial charge in [0.15, 0.2) is 0 Å². The number of hydrogen-bond donors (Lipinski definition) is 12. The Labute approximate surface area is 131 Å². The summed E-state index contributed by atoms with van der Waals surface area (Å²) in [5.74, 6) is 0. The second-order valence-corrected chi connectivity index (χ2v) is 6.21. The fourth-order valence-corrected chi connectivity index (χ4v) is 0.205. The smallest absolute Gasteiger partial charge is 0.368 e. The molecule has 0 radical (unpaired) electrons. The number of nitrogens with zero attached hydrogens (tertiary/aromatic N) is 3. The van der Waals surface area contributed by atoms with E-state index in [1.165, 1.54) is 0 Å². The van der Waals surface area contributed by atoms with Crippen LogP contribution in [0.1, 0.15) is 0 Å². The molecular weight excluding hydrogens is 390 g/mol. The Kier molecular flexibility index (Phi) is 18.9. The van der Waals surface area contributed by atoms with Crippen molar-refractivity contribution < 1.29 is 57.5 Å². The average molecular weight is 406 g/mol. The number of rotatable bonds is 0. The van der Waals surface area contributed by atoms with Gasteiger partial charge in [0.2, 0.25) is 0 Å². The maximum atomic E-state index is 7.33. The van der Waals surface area contributed by atoms with E-state index in [0.29, 0.717) is 0 Å². The minimum Gasteiger partial charge on any atom is -0.368 e. The van der Waals surface area contributed by atoms with Crippen LogP contribution in [0.3, 0.4) is 0 Å². The SMILES string of the molecule is Cl.O[Si](O)(O)O.O[Si](O)(O)O.O[Si](O)(O)O.c1cnnnc1. The van der Waals surface area contributed by atoms with E-state index in [9.17, 15) is 0 Å². The van der Waals surface area contributed by atoms with Crippen LogP contribution in [0.5, 0.6) is 0 Å². The molecule has 0 unspecified atom stereocenters. The van der Waals surface area contributed by atoms with Crippen LogP contribution < -0.4 is 0 Å². The summed E-state index contributed by atoms with van der Waals surface area (Å²) in [7, 11) is -13.8. The zero-order chi connectivity index (χ0) is 17.7. The highest BCUT2D eigenvalue weighted by molar-refractivity contribution is 6.47. The molecule has 0 aliphatic rings. The Morgan fingerprint density at radius 3 is 0.727 bits per heavy atom. The average Bonchev–Trinajstić information content (AvgIpc) is 2.12. The van der Waals surface area contributed by atoms with Gasteiger partial charge >= 0.3 is 27.1 Å². The van der Waals surface area contributed by atoms with Crippen molar-refractivity contribution in [2.75, 3.05) is 0 Å². The Hall–Kier alpha value is -0.529. The molecule has 0 spiro atoms. The van der Waals surface area contributed by atoms with Crippen LogP contribution >= 0.6 is 12.4 Å². The predicted octanol–water partition coefficient (Wildman–Crippen LogP) is -7.53. The van der Waals surface area contributed by atoms with Gasteiger partial charge in [0.1, 0.15) is 0 Å². The summed E-state index contributed by atoms with van der Waals surface area (Å²) in [5.41, 5.74) is 0. The molecule has 0 fully saturated rings. The van der Waals surface area contributed by atoms with Gasteiger partial charge < -0.3 is 57.5 Å². The summed E-state index contributed by atoms with van der Waals surface area (Å²) >= 11 is 0. The van der Waals surface area contributed by atoms with Crippen LogP contribution in [-0.2, 0) is 0 Å². The lowest BCUT2D eigenvalue weighted by Crippen LogP contribution is -2.33. The van der Waals surface area contributed by atoms with E-state index < -0.39 is 27.1 Å². The lowest BCUT2D eigenvalue weighted by atomic mass is 10.7. The molecule has 22 heavy (non-hydrogen) atoms. The molecule has 12 N–H and O–H groups in total. The summed E-state index contributed by atoms with van der Waals surface area (Å²) in [5, 5.41) is 10.1. The molecule has 134 valence electrons. The number of halogens is 1. The third kappa shape index (κ3) is 222. The fraction of sp³-hybridized carbons (Fsp3) is 0. The second-order valence-electron chi connectivity index (χ2n) is 2.61. The zero-order valence-electron chi connectivity index (χ0n) is 10.3. The largest absolute Gasteiger partial charge is 0.668 e. The van der Waals surface area contributed by atoms with Crippen LogP contribution in [-0.4, -0.2) is 100 Å². The first-order valence-electron chi connectivity index (χ1n) is 4.27. The highest BCUT2D eigenvalue weighted by atomic mass is 35.5. The fourth-order valence-electron chi connectivity index (χ4n) is 0.205. The van der Waals surface area contributed by atoms with Crippen molar-refractivity contribution >= 4 is 39.6 Å². The molecule has 0 amide bonds. The Balaban J connectivity index is -0.0000000973. The maximum Gasteiger partial charge on any atom is 0.668 e. The predicted molar refractivity (Wildman–Crippen MR) is 71.0 cm³/mol. The highest BCUT2D eigenvalue weighted by Crippen LogP contribution is 1.68. The van der Waals surface area contributed by atoms with Gasteiger partial charge in [0.05, 0.1) is 12.4 Å². The van der Waals surface area contributed by atoms with E-state index in [2.05, 4.69) is 15.4 Å². The van der Waals surface area contributed by atoms with Gasteiger partial charge in [-0.2, -0.15) is 0 Å². The maximum absolute atomic E-state index is 7.33. The molecule has 1 rings (SSSR count). The molecule has 1 aromatic rings. The van der Waals surface area contributed by atoms with Gasteiger partial charge in [-0.3, -0.25) is 0 Å². The first-order valence-corrected chi connectivity index (χ1v) is 9.63. The Morgan fingerprint density at radius 1 is 0.500 bits per heavy atom. The third-order valence-electron chi connectivity index (χ3n) is 0.409. The van der Waals surface area contributed by atoms with Gasteiger partial charge in [-0.1, -0.05) is 0 Å². The van der Waals surface area contributed by atoms with Crippen molar-refractivity contribution in [2.45, 2.75) is 0 Å². The van der Waals surface area contributed by atoms with E-state index in [-0.39, 0.29) is 12.4 Å². The van der Waals surface area contributed by atoms with Gasteiger partial charge in [-0.25, -0.2) is 0 Å². The molecule has 0 aliphatic carbocycles. The minimum atomic E-state index is -4.61. The summed E-state index contributed by atoms with van der Waals surface area (Å²) in [6, 6.07) is 1.72. The summed E-state index contributed by atoms with van der Waals surface area (Å²) in [6.45, 7) is 0. The molecule has 0 atom stereocenters. The van der Waals surface area contributed by atoms with E-state index >= 15 is 0 Å². The molecule has 0 saturated heterocycles. The molecule has 0 aromatic carbocycles. The molecule has 19 heteroatoms. The van der Waals surface area contributed by atoms with Gasteiger partial charge in [0, 0.05) is 0 Å². The lowest BCUT2D eigenvalue weighted by Gasteiger charge is -1.91. The number of hydrogen-bond acceptors (Lipinski definition) is 15. The topological polar surface area (TPSA) is 281 Å². The monoisotopic (exact) mass is 405 g/mol. The standard InChI is InChI=1S/C3H3N3.ClH.3H4O4Si/c1-2-4-6-5-3-1;;3*1-5(2,3)4/h1-3H;1H;3*1-4H. The van der Waals surface area contributed by atoms with Crippen molar-refractivity contribution in [1.29, 1.82) is 0 Å². The lowest BCUT2D eigenvalue weighted by molar-refractivity contribution is 0.115. The van der Waals surface area contributed by atoms with Crippen LogP contribution in [0.2, 0.25) is 0 Å². The molecule has 1 aromatic heterocycles. The van der Waals surface area contributed by atoms with Gasteiger partial charge in [-0.15, -0.1) is 22.6 Å². The van der Waals surface area contributed by atoms with E-state index in [1.807, 2.05) is 0 Å². The summed E-state index contributed by atoms with van der Waals surface area (Å²) in [4.78, 5) is 87.9. The van der Waals surface area contributed by atoms with E-state index in [4.69, 9.17) is 57.5 Å². The van der Waals surface area contributed by atoms with Crippen molar-refractivity contribution in [1.82, 2.24) is 15.4 Å². The molecular formula is C3H16ClN3O12Si3. The summed E-state index contributed by atoms with van der Waals surface area (Å²) in [6.07, 6.45) is 3.15. The van der Waals surface area contributed by atoms with Crippen LogP contribution in [0.15, 0.2) is 18.5 Å². The Bertz CT molecular complexity index is 255. The van der Waals surface area contributed by atoms with Crippen LogP contribution in [0.25, 0.3) is 0 Å². The first kappa shape index (κ1) is 29.5. The third-order valence-corrected chi connectivity index (χ3v) is 0.409. The van der Waals surface area contributed by atoms with E-state index in [1.54, 1.807) is 18.5 Å². The molecule has 0 saturated carbocycles. The number of aromatic nitrogens is 3. The second kappa shape index (κ2) is 14.1. The van der Waals surface area contributed by atoms with Crippen LogP contribution in [0.4, 0.5) is 0 Å². The van der Waals surface area contributed by atoms with Crippen LogP contribution in [0, 0.1) is 0 Å². The normalized spacial score (nSPS) is 10.4. The summed E-state index contributed by atoms with van der Waals surface area (Å²) < 4.78 is 0. The van der Waals surface area contributed by atoms with Crippen molar-refractivity contribution in [3.63, 3.8) is 0 Å². The molecule has 0 bridgehead atoms. The van der Waals surface area contributed by atoms with E-state index in [0.717, 1.165) is 0 Å². The molecule has 1 heterocycles.